The fourth-order valence-electron chi connectivity index (χ4n) is 1.48. The van der Waals surface area contributed by atoms with Crippen LogP contribution in [0.25, 0.3) is 0 Å². The maximum Gasteiger partial charge on any atom is 0.341 e. The summed E-state index contributed by atoms with van der Waals surface area (Å²) in [5.74, 6) is -0.351. The van der Waals surface area contributed by atoms with Crippen LogP contribution >= 0.6 is 0 Å². The number of hydrogen-bond acceptors (Lipinski definition) is 3. The number of phenolic OH excluding ortho intramolecular Hbond substituents is 1. The zero-order valence-corrected chi connectivity index (χ0v) is 10.4. The Bertz CT molecular complexity index is 410. The van der Waals surface area contributed by atoms with E-state index in [9.17, 15) is 9.90 Å². The van der Waals surface area contributed by atoms with Crippen LogP contribution in [0.15, 0.2) is 18.2 Å². The van der Waals surface area contributed by atoms with Crippen molar-refractivity contribution in [1.29, 1.82) is 0 Å². The second-order valence-corrected chi connectivity index (χ2v) is 4.60. The van der Waals surface area contributed by atoms with E-state index in [2.05, 4.69) is 0 Å². The van der Waals surface area contributed by atoms with Crippen LogP contribution in [0.4, 0.5) is 0 Å². The summed E-state index contributed by atoms with van der Waals surface area (Å²) in [7, 11) is 0. The van der Waals surface area contributed by atoms with Crippen LogP contribution < -0.4 is 4.74 Å². The van der Waals surface area contributed by atoms with E-state index in [1.807, 2.05) is 20.8 Å². The van der Waals surface area contributed by atoms with E-state index in [1.54, 1.807) is 12.1 Å². The second kappa shape index (κ2) is 5.08. The molecule has 1 rings (SSSR count). The molecule has 94 valence electrons. The molecule has 0 fully saturated rings. The third-order valence-electron chi connectivity index (χ3n) is 2.94. The number of aliphatic carboxylic acids is 1. The zero-order valence-electron chi connectivity index (χ0n) is 10.4. The van der Waals surface area contributed by atoms with Gasteiger partial charge < -0.3 is 14.9 Å². The first-order chi connectivity index (χ1) is 7.86. The van der Waals surface area contributed by atoms with Gasteiger partial charge >= 0.3 is 5.97 Å². The molecular formula is C13H18O4. The maximum atomic E-state index is 10.4. The lowest BCUT2D eigenvalue weighted by molar-refractivity contribution is -0.139. The molecule has 0 aliphatic carbocycles. The van der Waals surface area contributed by atoms with E-state index in [0.717, 1.165) is 12.0 Å². The molecule has 1 aromatic carbocycles. The number of phenols is 1. The number of aromatic hydroxyl groups is 1. The highest BCUT2D eigenvalue weighted by atomic mass is 16.5. The van der Waals surface area contributed by atoms with Crippen molar-refractivity contribution in [2.45, 2.75) is 32.6 Å². The van der Waals surface area contributed by atoms with Crippen LogP contribution in [0.1, 0.15) is 32.8 Å². The molecule has 4 heteroatoms. The van der Waals surface area contributed by atoms with Crippen molar-refractivity contribution in [1.82, 2.24) is 0 Å². The number of benzene rings is 1. The summed E-state index contributed by atoms with van der Waals surface area (Å²) in [4.78, 5) is 10.4. The lowest BCUT2D eigenvalue weighted by Gasteiger charge is -2.24. The lowest BCUT2D eigenvalue weighted by Crippen LogP contribution is -2.16. The largest absolute Gasteiger partial charge is 0.508 e. The Morgan fingerprint density at radius 2 is 2.06 bits per heavy atom. The van der Waals surface area contributed by atoms with Gasteiger partial charge in [-0.2, -0.15) is 0 Å². The summed E-state index contributed by atoms with van der Waals surface area (Å²) in [6, 6.07) is 4.79. The highest BCUT2D eigenvalue weighted by molar-refractivity contribution is 5.68. The van der Waals surface area contributed by atoms with Crippen molar-refractivity contribution in [3.8, 4) is 11.5 Å². The molecule has 0 aromatic heterocycles. The summed E-state index contributed by atoms with van der Waals surface area (Å²) < 4.78 is 5.09. The minimum atomic E-state index is -1.02. The summed E-state index contributed by atoms with van der Waals surface area (Å²) in [5, 5.41) is 18.3. The Hall–Kier alpha value is -1.71. The monoisotopic (exact) mass is 238 g/mol. The average Bonchev–Trinajstić information content (AvgIpc) is 2.27. The number of hydrogen-bond donors (Lipinski definition) is 2. The summed E-state index contributed by atoms with van der Waals surface area (Å²) >= 11 is 0. The molecular weight excluding hydrogens is 220 g/mol. The molecule has 17 heavy (non-hydrogen) atoms. The molecule has 0 bridgehead atoms. The van der Waals surface area contributed by atoms with Gasteiger partial charge in [0.2, 0.25) is 0 Å². The van der Waals surface area contributed by atoms with E-state index < -0.39 is 5.97 Å². The number of carboxylic acid groups (broad SMARTS) is 1. The van der Waals surface area contributed by atoms with Gasteiger partial charge in [-0.1, -0.05) is 20.8 Å². The van der Waals surface area contributed by atoms with Crippen molar-refractivity contribution in [3.05, 3.63) is 23.8 Å². The van der Waals surface area contributed by atoms with Crippen LogP contribution in [0.2, 0.25) is 0 Å². The minimum Gasteiger partial charge on any atom is -0.508 e. The quantitative estimate of drug-likeness (QED) is 0.827. The Morgan fingerprint density at radius 3 is 2.59 bits per heavy atom. The summed E-state index contributed by atoms with van der Waals surface area (Å²) in [5.41, 5.74) is 0.593. The predicted octanol–water partition coefficient (Wildman–Crippen LogP) is 2.54. The molecule has 0 unspecified atom stereocenters. The number of carboxylic acids is 1. The molecule has 4 nitrogen and oxygen atoms in total. The normalized spacial score (nSPS) is 11.2. The highest BCUT2D eigenvalue weighted by Gasteiger charge is 2.22. The van der Waals surface area contributed by atoms with E-state index in [4.69, 9.17) is 9.84 Å². The molecule has 0 aliphatic heterocycles. The van der Waals surface area contributed by atoms with Gasteiger partial charge in [0.05, 0.1) is 0 Å². The number of carbonyl (C=O) groups is 1. The zero-order chi connectivity index (χ0) is 13.1. The Kier molecular flexibility index (Phi) is 3.99. The lowest BCUT2D eigenvalue weighted by atomic mass is 9.81. The Balaban J connectivity index is 2.98. The Morgan fingerprint density at radius 1 is 1.41 bits per heavy atom. The minimum absolute atomic E-state index is 0.174. The van der Waals surface area contributed by atoms with Crippen LogP contribution in [0, 0.1) is 0 Å². The van der Waals surface area contributed by atoms with Gasteiger partial charge in [-0.15, -0.1) is 0 Å². The third kappa shape index (κ3) is 3.37. The topological polar surface area (TPSA) is 66.8 Å². The van der Waals surface area contributed by atoms with E-state index in [-0.39, 0.29) is 17.8 Å². The molecule has 0 saturated carbocycles. The van der Waals surface area contributed by atoms with Gasteiger partial charge in [0.25, 0.3) is 0 Å². The molecule has 0 radical (unpaired) electrons. The van der Waals surface area contributed by atoms with Crippen molar-refractivity contribution >= 4 is 5.97 Å². The predicted molar refractivity (Wildman–Crippen MR) is 64.6 cm³/mol. The van der Waals surface area contributed by atoms with Crippen molar-refractivity contribution in [2.75, 3.05) is 6.61 Å². The van der Waals surface area contributed by atoms with Crippen LogP contribution in [0.3, 0.4) is 0 Å². The fraction of sp³-hybridized carbons (Fsp3) is 0.462. The molecule has 0 spiro atoms. The standard InChI is InChI=1S/C13H18O4/c1-4-13(2,3)10-7-9(5-6-11(10)14)17-8-12(15)16/h5-7,14H,4,8H2,1-3H3,(H,15,16). The third-order valence-corrected chi connectivity index (χ3v) is 2.94. The first kappa shape index (κ1) is 13.4. The van der Waals surface area contributed by atoms with E-state index in [1.165, 1.54) is 6.07 Å². The summed E-state index contributed by atoms with van der Waals surface area (Å²) in [6.45, 7) is 5.69. The molecule has 2 N–H and O–H groups in total. The number of ether oxygens (including phenoxy) is 1. The van der Waals surface area contributed by atoms with Crippen molar-refractivity contribution in [3.63, 3.8) is 0 Å². The maximum absolute atomic E-state index is 10.4. The van der Waals surface area contributed by atoms with Gasteiger partial charge in [0.15, 0.2) is 6.61 Å². The Labute approximate surface area is 101 Å². The van der Waals surface area contributed by atoms with Gasteiger partial charge in [0.1, 0.15) is 11.5 Å². The van der Waals surface area contributed by atoms with Crippen LogP contribution in [-0.2, 0) is 10.2 Å². The first-order valence-corrected chi connectivity index (χ1v) is 5.55. The molecule has 0 saturated heterocycles. The van der Waals surface area contributed by atoms with Gasteiger partial charge in [-0.3, -0.25) is 0 Å². The van der Waals surface area contributed by atoms with Gasteiger partial charge in [-0.25, -0.2) is 4.79 Å². The number of rotatable bonds is 5. The van der Waals surface area contributed by atoms with E-state index >= 15 is 0 Å². The van der Waals surface area contributed by atoms with Crippen molar-refractivity contribution in [2.24, 2.45) is 0 Å². The summed E-state index contributed by atoms with van der Waals surface area (Å²) in [6.07, 6.45) is 0.864. The molecule has 0 aliphatic rings. The molecule has 0 atom stereocenters. The first-order valence-electron chi connectivity index (χ1n) is 5.55. The van der Waals surface area contributed by atoms with Crippen molar-refractivity contribution < 1.29 is 19.7 Å². The smallest absolute Gasteiger partial charge is 0.341 e. The molecule has 0 amide bonds. The fourth-order valence-corrected chi connectivity index (χ4v) is 1.48. The van der Waals surface area contributed by atoms with Gasteiger partial charge in [-0.05, 0) is 30.0 Å². The second-order valence-electron chi connectivity index (χ2n) is 4.60. The average molecular weight is 238 g/mol. The molecule has 0 heterocycles. The highest BCUT2D eigenvalue weighted by Crippen LogP contribution is 2.35. The van der Waals surface area contributed by atoms with Crippen LogP contribution in [-0.4, -0.2) is 22.8 Å². The SMILES string of the molecule is CCC(C)(C)c1cc(OCC(=O)O)ccc1O. The molecule has 1 aromatic rings. The van der Waals surface area contributed by atoms with E-state index in [0.29, 0.717) is 5.75 Å². The van der Waals surface area contributed by atoms with Crippen LogP contribution in [0.5, 0.6) is 11.5 Å². The van der Waals surface area contributed by atoms with Gasteiger partial charge in [0, 0.05) is 5.56 Å².